The average molecular weight is 374 g/mol. The molecule has 0 radical (unpaired) electrons. The van der Waals surface area contributed by atoms with Gasteiger partial charge >= 0.3 is 0 Å². The van der Waals surface area contributed by atoms with E-state index in [9.17, 15) is 0 Å². The summed E-state index contributed by atoms with van der Waals surface area (Å²) in [4.78, 5) is 0. The first-order chi connectivity index (χ1) is 13.9. The van der Waals surface area contributed by atoms with E-state index < -0.39 is 0 Å². The molecule has 2 unspecified atom stereocenters. The molecule has 1 aromatic heterocycles. The van der Waals surface area contributed by atoms with E-state index in [4.69, 9.17) is 0 Å². The Bertz CT molecular complexity index is 1360. The Balaban J connectivity index is 1.77. The second-order valence-electron chi connectivity index (χ2n) is 7.45. The smallest absolute Gasteiger partial charge is 0.0211 e. The molecule has 0 fully saturated rings. The predicted molar refractivity (Wildman–Crippen MR) is 124 cm³/mol. The van der Waals surface area contributed by atoms with E-state index in [0.29, 0.717) is 5.92 Å². The predicted octanol–water partition coefficient (Wildman–Crippen LogP) is 7.60. The minimum Gasteiger partial charge on any atom is -0.123 e. The van der Waals surface area contributed by atoms with Gasteiger partial charge in [0, 0.05) is 16.4 Å². The summed E-state index contributed by atoms with van der Waals surface area (Å²) in [7, 11) is 0.743. The highest BCUT2D eigenvalue weighted by molar-refractivity contribution is 7.43. The van der Waals surface area contributed by atoms with E-state index in [0.717, 1.165) is 8.19 Å². The van der Waals surface area contributed by atoms with Crippen molar-refractivity contribution >= 4 is 40.9 Å². The van der Waals surface area contributed by atoms with Gasteiger partial charge in [-0.25, -0.2) is 0 Å². The van der Waals surface area contributed by atoms with Crippen molar-refractivity contribution in [2.45, 2.75) is 0 Å². The molecule has 0 amide bonds. The first-order valence-corrected chi connectivity index (χ1v) is 10.8. The monoisotopic (exact) mass is 374 g/mol. The van der Waals surface area contributed by atoms with Crippen molar-refractivity contribution in [2.75, 3.05) is 0 Å². The van der Waals surface area contributed by atoms with Gasteiger partial charge in [0.25, 0.3) is 0 Å². The molecule has 0 N–H and O–H groups in total. The number of fused-ring (bicyclic) bond motifs is 5. The average Bonchev–Trinajstić information content (AvgIpc) is 3.04. The van der Waals surface area contributed by atoms with Gasteiger partial charge in [-0.3, -0.25) is 0 Å². The summed E-state index contributed by atoms with van der Waals surface area (Å²) in [5.74, 6) is 0.322. The maximum absolute atomic E-state index is 2.33. The minimum absolute atomic E-state index is 0.322. The summed E-state index contributed by atoms with van der Waals surface area (Å²) in [6.45, 7) is 0. The molecular formula is C27H19P. The van der Waals surface area contributed by atoms with Crippen LogP contribution in [-0.2, 0) is 0 Å². The van der Waals surface area contributed by atoms with Crippen molar-refractivity contribution in [3.63, 3.8) is 0 Å². The quantitative estimate of drug-likeness (QED) is 0.322. The molecular weight excluding hydrogens is 355 g/mol. The number of hydrogen-bond acceptors (Lipinski definition) is 0. The van der Waals surface area contributed by atoms with Crippen LogP contribution < -0.4 is 0 Å². The van der Waals surface area contributed by atoms with Crippen LogP contribution in [0.25, 0.3) is 32.7 Å². The van der Waals surface area contributed by atoms with Crippen molar-refractivity contribution < 1.29 is 0 Å². The largest absolute Gasteiger partial charge is 0.123 e. The molecule has 6 rings (SSSR count). The summed E-state index contributed by atoms with van der Waals surface area (Å²) in [6.07, 6.45) is 13.6. The molecule has 28 heavy (non-hydrogen) atoms. The van der Waals surface area contributed by atoms with E-state index in [-0.39, 0.29) is 0 Å². The zero-order chi connectivity index (χ0) is 18.5. The highest BCUT2D eigenvalue weighted by atomic mass is 31.0. The first-order valence-electron chi connectivity index (χ1n) is 9.76. The third kappa shape index (κ3) is 2.32. The molecule has 1 heterocycles. The third-order valence-corrected chi connectivity index (χ3v) is 7.26. The van der Waals surface area contributed by atoms with Crippen LogP contribution in [0.4, 0.5) is 0 Å². The lowest BCUT2D eigenvalue weighted by Gasteiger charge is -2.20. The van der Waals surface area contributed by atoms with E-state index >= 15 is 0 Å². The molecule has 0 saturated heterocycles. The van der Waals surface area contributed by atoms with Crippen LogP contribution in [0.15, 0.2) is 103 Å². The van der Waals surface area contributed by atoms with Gasteiger partial charge in [0.2, 0.25) is 0 Å². The van der Waals surface area contributed by atoms with Gasteiger partial charge in [-0.05, 0) is 38.3 Å². The van der Waals surface area contributed by atoms with E-state index in [2.05, 4.69) is 103 Å². The lowest BCUT2D eigenvalue weighted by Crippen LogP contribution is -2.02. The fourth-order valence-corrected chi connectivity index (χ4v) is 6.01. The topological polar surface area (TPSA) is 0 Å². The zero-order valence-corrected chi connectivity index (χ0v) is 16.4. The van der Waals surface area contributed by atoms with Crippen LogP contribution in [0, 0.1) is 5.92 Å². The summed E-state index contributed by atoms with van der Waals surface area (Å²) in [5, 5.41) is 5.76. The van der Waals surface area contributed by atoms with Crippen LogP contribution in [0.3, 0.4) is 0 Å². The second-order valence-corrected chi connectivity index (χ2v) is 8.77. The molecule has 0 spiro atoms. The lowest BCUT2D eigenvalue weighted by molar-refractivity contribution is 1.01. The standard InChI is InChI=1S/C27H19P/c1-3-10-20-18(8-1)16-17-19-9-2-4-11-21(19)26(20)23-13-7-15-25-27(23)22-12-5-6-14-24(22)28-25/h1-18,28H. The fourth-order valence-electron chi connectivity index (χ4n) is 4.62. The zero-order valence-electron chi connectivity index (χ0n) is 15.4. The van der Waals surface area contributed by atoms with E-state index in [1.54, 1.807) is 0 Å². The Morgan fingerprint density at radius 3 is 2.46 bits per heavy atom. The van der Waals surface area contributed by atoms with Crippen LogP contribution >= 0.6 is 8.19 Å². The molecule has 2 atom stereocenters. The Morgan fingerprint density at radius 1 is 0.643 bits per heavy atom. The maximum Gasteiger partial charge on any atom is 0.0211 e. The van der Waals surface area contributed by atoms with Crippen LogP contribution in [0.1, 0.15) is 16.7 Å². The second kappa shape index (κ2) is 6.23. The van der Waals surface area contributed by atoms with Gasteiger partial charge in [0.05, 0.1) is 0 Å². The van der Waals surface area contributed by atoms with Crippen molar-refractivity contribution in [1.29, 1.82) is 0 Å². The number of allylic oxidation sites excluding steroid dienone is 6. The highest BCUT2D eigenvalue weighted by Crippen LogP contribution is 2.45. The molecule has 1 heteroatoms. The van der Waals surface area contributed by atoms with E-state index in [1.165, 1.54) is 48.8 Å². The van der Waals surface area contributed by atoms with Gasteiger partial charge < -0.3 is 0 Å². The molecule has 0 bridgehead atoms. The van der Waals surface area contributed by atoms with Crippen LogP contribution in [0.5, 0.6) is 0 Å². The van der Waals surface area contributed by atoms with Crippen molar-refractivity contribution in [3.05, 3.63) is 119 Å². The minimum atomic E-state index is 0.322. The van der Waals surface area contributed by atoms with Gasteiger partial charge in [-0.15, -0.1) is 8.19 Å². The molecule has 0 saturated carbocycles. The molecule has 0 nitrogen and oxygen atoms in total. The molecule has 4 aromatic rings. The molecule has 2 aliphatic rings. The molecule has 132 valence electrons. The Hall–Kier alpha value is -3.08. The molecule has 3 aromatic carbocycles. The van der Waals surface area contributed by atoms with Crippen LogP contribution in [0.2, 0.25) is 0 Å². The SMILES string of the molecule is C1=CC2=C(c3cccc4[pH]c5ccccc5c34)c3ccccc3C=CC2C=C1. The first kappa shape index (κ1) is 15.9. The Labute approximate surface area is 166 Å². The van der Waals surface area contributed by atoms with Gasteiger partial charge in [0.1, 0.15) is 0 Å². The summed E-state index contributed by atoms with van der Waals surface area (Å²) < 4.78 is 0. The van der Waals surface area contributed by atoms with Gasteiger partial charge in [0.15, 0.2) is 0 Å². The van der Waals surface area contributed by atoms with Gasteiger partial charge in [-0.2, -0.15) is 0 Å². The number of hydrogen-bond donors (Lipinski definition) is 0. The summed E-state index contributed by atoms with van der Waals surface area (Å²) in [5.41, 5.74) is 6.77. The van der Waals surface area contributed by atoms with Crippen molar-refractivity contribution in [2.24, 2.45) is 5.92 Å². The van der Waals surface area contributed by atoms with Crippen molar-refractivity contribution in [1.82, 2.24) is 0 Å². The van der Waals surface area contributed by atoms with Crippen molar-refractivity contribution in [3.8, 4) is 0 Å². The number of benzene rings is 3. The highest BCUT2D eigenvalue weighted by Gasteiger charge is 2.23. The maximum atomic E-state index is 2.33. The normalized spacial score (nSPS) is 18.1. The number of rotatable bonds is 1. The fraction of sp³-hybridized carbons (Fsp3) is 0.0370. The summed E-state index contributed by atoms with van der Waals surface area (Å²) in [6, 6.07) is 24.6. The molecule has 2 aliphatic carbocycles. The van der Waals surface area contributed by atoms with Gasteiger partial charge in [-0.1, -0.05) is 103 Å². The summed E-state index contributed by atoms with van der Waals surface area (Å²) >= 11 is 0. The van der Waals surface area contributed by atoms with E-state index in [1.807, 2.05) is 0 Å². The Kier molecular flexibility index (Phi) is 3.54. The van der Waals surface area contributed by atoms with Crippen LogP contribution in [-0.4, -0.2) is 0 Å². The molecule has 0 aliphatic heterocycles. The lowest BCUT2D eigenvalue weighted by atomic mass is 9.84. The third-order valence-electron chi connectivity index (χ3n) is 5.87. The Morgan fingerprint density at radius 2 is 1.46 bits per heavy atom.